The molecule has 0 saturated carbocycles. The minimum Gasteiger partial charge on any atom is -0.394 e. The summed E-state index contributed by atoms with van der Waals surface area (Å²) in [7, 11) is 0. The molecule has 0 aromatic heterocycles. The summed E-state index contributed by atoms with van der Waals surface area (Å²) in [6.07, 6.45) is -0.670. The van der Waals surface area contributed by atoms with E-state index >= 15 is 0 Å². The first-order valence-electron chi connectivity index (χ1n) is 4.91. The highest BCUT2D eigenvalue weighted by atomic mass is 16.3. The van der Waals surface area contributed by atoms with Gasteiger partial charge in [-0.3, -0.25) is 0 Å². The third-order valence-electron chi connectivity index (χ3n) is 2.53. The van der Waals surface area contributed by atoms with E-state index < -0.39 is 6.10 Å². The third-order valence-corrected chi connectivity index (χ3v) is 2.53. The molecule has 0 aliphatic carbocycles. The summed E-state index contributed by atoms with van der Waals surface area (Å²) in [6.45, 7) is 5.81. The Hall–Kier alpha value is -0.860. The van der Waals surface area contributed by atoms with Gasteiger partial charge in [-0.2, -0.15) is 0 Å². The number of aryl methyl sites for hydroxylation is 2. The van der Waals surface area contributed by atoms with Gasteiger partial charge in [-0.05, 0) is 19.4 Å². The summed E-state index contributed by atoms with van der Waals surface area (Å²) in [6, 6.07) is 6.20. The molecule has 1 rings (SSSR count). The number of rotatable bonds is 3. The Balaban J connectivity index is 2.94. The maximum absolute atomic E-state index is 9.51. The van der Waals surface area contributed by atoms with E-state index in [9.17, 15) is 5.11 Å². The van der Waals surface area contributed by atoms with Crippen LogP contribution in [0.15, 0.2) is 18.2 Å². The van der Waals surface area contributed by atoms with Crippen molar-refractivity contribution in [3.05, 3.63) is 34.9 Å². The third kappa shape index (κ3) is 2.56. The summed E-state index contributed by atoms with van der Waals surface area (Å²) in [5.41, 5.74) is 3.47. The Labute approximate surface area is 85.2 Å². The van der Waals surface area contributed by atoms with Gasteiger partial charge in [0, 0.05) is 5.92 Å². The maximum atomic E-state index is 9.51. The molecule has 0 bridgehead atoms. The van der Waals surface area contributed by atoms with Gasteiger partial charge in [0.05, 0.1) is 12.7 Å². The molecule has 0 spiro atoms. The van der Waals surface area contributed by atoms with Gasteiger partial charge in [0.1, 0.15) is 0 Å². The highest BCUT2D eigenvalue weighted by Crippen LogP contribution is 2.21. The largest absolute Gasteiger partial charge is 0.394 e. The van der Waals surface area contributed by atoms with Crippen LogP contribution in [0.3, 0.4) is 0 Å². The van der Waals surface area contributed by atoms with Crippen LogP contribution in [0.2, 0.25) is 0 Å². The molecule has 0 radical (unpaired) electrons. The van der Waals surface area contributed by atoms with Crippen molar-refractivity contribution < 1.29 is 10.2 Å². The molecule has 1 aromatic carbocycles. The number of aliphatic hydroxyl groups excluding tert-OH is 2. The van der Waals surface area contributed by atoms with Crippen LogP contribution < -0.4 is 0 Å². The van der Waals surface area contributed by atoms with Gasteiger partial charge >= 0.3 is 0 Å². The molecule has 2 nitrogen and oxygen atoms in total. The van der Waals surface area contributed by atoms with Crippen molar-refractivity contribution in [2.24, 2.45) is 0 Å². The minimum absolute atomic E-state index is 0.0152. The number of hydrogen-bond donors (Lipinski definition) is 2. The van der Waals surface area contributed by atoms with Crippen molar-refractivity contribution in [1.29, 1.82) is 0 Å². The second-order valence-corrected chi connectivity index (χ2v) is 3.96. The molecule has 1 aromatic rings. The molecule has 0 amide bonds. The van der Waals surface area contributed by atoms with E-state index in [1.54, 1.807) is 0 Å². The van der Waals surface area contributed by atoms with Crippen LogP contribution in [0.1, 0.15) is 29.5 Å². The lowest BCUT2D eigenvalue weighted by molar-refractivity contribution is 0.0772. The van der Waals surface area contributed by atoms with Gasteiger partial charge in [-0.1, -0.05) is 36.2 Å². The topological polar surface area (TPSA) is 40.5 Å². The van der Waals surface area contributed by atoms with E-state index in [4.69, 9.17) is 5.11 Å². The van der Waals surface area contributed by atoms with Gasteiger partial charge in [-0.25, -0.2) is 0 Å². The van der Waals surface area contributed by atoms with E-state index in [0.29, 0.717) is 0 Å². The highest BCUT2D eigenvalue weighted by Gasteiger charge is 2.15. The van der Waals surface area contributed by atoms with Gasteiger partial charge in [-0.15, -0.1) is 0 Å². The lowest BCUT2D eigenvalue weighted by atomic mass is 9.93. The van der Waals surface area contributed by atoms with Gasteiger partial charge in [0.25, 0.3) is 0 Å². The first kappa shape index (κ1) is 11.2. The summed E-state index contributed by atoms with van der Waals surface area (Å²) < 4.78 is 0. The van der Waals surface area contributed by atoms with E-state index in [2.05, 4.69) is 18.2 Å². The van der Waals surface area contributed by atoms with Crippen LogP contribution in [0, 0.1) is 13.8 Å². The fourth-order valence-corrected chi connectivity index (χ4v) is 1.65. The second kappa shape index (κ2) is 4.58. The number of benzene rings is 1. The summed E-state index contributed by atoms with van der Waals surface area (Å²) >= 11 is 0. The fraction of sp³-hybridized carbons (Fsp3) is 0.500. The zero-order valence-electron chi connectivity index (χ0n) is 8.99. The van der Waals surface area contributed by atoms with E-state index in [1.807, 2.05) is 20.8 Å². The second-order valence-electron chi connectivity index (χ2n) is 3.96. The van der Waals surface area contributed by atoms with Crippen LogP contribution >= 0.6 is 0 Å². The monoisotopic (exact) mass is 194 g/mol. The normalized spacial score (nSPS) is 15.2. The molecule has 0 aliphatic heterocycles. The molecule has 0 aliphatic rings. The van der Waals surface area contributed by atoms with Crippen molar-refractivity contribution >= 4 is 0 Å². The van der Waals surface area contributed by atoms with E-state index in [0.717, 1.165) is 5.56 Å². The standard InChI is InChI=1S/C12H18O2/c1-8-4-9(2)6-11(5-8)10(3)12(14)7-13/h4-6,10,12-14H,7H2,1-3H3. The Morgan fingerprint density at radius 3 is 2.07 bits per heavy atom. The summed E-state index contributed by atoms with van der Waals surface area (Å²) in [5, 5.41) is 18.4. The van der Waals surface area contributed by atoms with E-state index in [-0.39, 0.29) is 12.5 Å². The molecule has 2 heteroatoms. The highest BCUT2D eigenvalue weighted by molar-refractivity contribution is 5.31. The summed E-state index contributed by atoms with van der Waals surface area (Å²) in [4.78, 5) is 0. The SMILES string of the molecule is Cc1cc(C)cc(C(C)C(O)CO)c1. The molecule has 2 unspecified atom stereocenters. The lowest BCUT2D eigenvalue weighted by Crippen LogP contribution is -2.20. The zero-order valence-corrected chi connectivity index (χ0v) is 8.99. The Morgan fingerprint density at radius 2 is 1.64 bits per heavy atom. The smallest absolute Gasteiger partial charge is 0.0836 e. The molecule has 0 saturated heterocycles. The molecule has 2 N–H and O–H groups in total. The molecule has 78 valence electrons. The first-order valence-corrected chi connectivity index (χ1v) is 4.91. The van der Waals surface area contributed by atoms with Gasteiger partial charge < -0.3 is 10.2 Å². The van der Waals surface area contributed by atoms with Crippen molar-refractivity contribution in [2.75, 3.05) is 6.61 Å². The van der Waals surface area contributed by atoms with Crippen molar-refractivity contribution in [3.63, 3.8) is 0 Å². The lowest BCUT2D eigenvalue weighted by Gasteiger charge is -2.18. The number of aliphatic hydroxyl groups is 2. The first-order chi connectivity index (χ1) is 6.54. The average Bonchev–Trinajstić information content (AvgIpc) is 2.14. The minimum atomic E-state index is -0.670. The van der Waals surface area contributed by atoms with E-state index in [1.165, 1.54) is 11.1 Å². The van der Waals surface area contributed by atoms with Crippen LogP contribution in [0.4, 0.5) is 0 Å². The molecule has 2 atom stereocenters. The quantitative estimate of drug-likeness (QED) is 0.769. The molecule has 0 heterocycles. The van der Waals surface area contributed by atoms with Crippen LogP contribution in [0.5, 0.6) is 0 Å². The zero-order chi connectivity index (χ0) is 10.7. The van der Waals surface area contributed by atoms with Crippen molar-refractivity contribution in [2.45, 2.75) is 32.8 Å². The molecular formula is C12H18O2. The Kier molecular flexibility index (Phi) is 3.67. The number of hydrogen-bond acceptors (Lipinski definition) is 2. The van der Waals surface area contributed by atoms with Gasteiger partial charge in [0.15, 0.2) is 0 Å². The fourth-order valence-electron chi connectivity index (χ4n) is 1.65. The predicted octanol–water partition coefficient (Wildman–Crippen LogP) is 1.76. The summed E-state index contributed by atoms with van der Waals surface area (Å²) in [5.74, 6) is -0.0152. The van der Waals surface area contributed by atoms with Crippen LogP contribution in [-0.2, 0) is 0 Å². The molecular weight excluding hydrogens is 176 g/mol. The van der Waals surface area contributed by atoms with Gasteiger partial charge in [0.2, 0.25) is 0 Å². The van der Waals surface area contributed by atoms with Crippen LogP contribution in [-0.4, -0.2) is 22.9 Å². The molecule has 14 heavy (non-hydrogen) atoms. The van der Waals surface area contributed by atoms with Crippen molar-refractivity contribution in [3.8, 4) is 0 Å². The Bertz CT molecular complexity index is 287. The average molecular weight is 194 g/mol. The van der Waals surface area contributed by atoms with Crippen LogP contribution in [0.25, 0.3) is 0 Å². The van der Waals surface area contributed by atoms with Crippen molar-refractivity contribution in [1.82, 2.24) is 0 Å². The predicted molar refractivity (Wildman–Crippen MR) is 57.4 cm³/mol. The Morgan fingerprint density at radius 1 is 1.14 bits per heavy atom. The maximum Gasteiger partial charge on any atom is 0.0836 e. The molecule has 0 fully saturated rings.